The second-order valence-electron chi connectivity index (χ2n) is 33.2. The number of carbonyl (C=O) groups is 2. The summed E-state index contributed by atoms with van der Waals surface area (Å²) in [4.78, 5) is 66.8. The molecule has 4 aliphatic rings. The Morgan fingerprint density at radius 1 is 0.337 bits per heavy atom. The highest BCUT2D eigenvalue weighted by atomic mass is 16.6. The van der Waals surface area contributed by atoms with Crippen molar-refractivity contribution in [3.63, 3.8) is 0 Å². The van der Waals surface area contributed by atoms with E-state index >= 15 is 0 Å². The van der Waals surface area contributed by atoms with Gasteiger partial charge in [0.15, 0.2) is 0 Å². The highest BCUT2D eigenvalue weighted by Gasteiger charge is 2.46. The zero-order valence-electron chi connectivity index (χ0n) is 61.9. The Balaban J connectivity index is 0.991. The van der Waals surface area contributed by atoms with E-state index in [4.69, 9.17) is 48.9 Å². The smallest absolute Gasteiger partial charge is 0.323 e. The number of hydrogen-bond donors (Lipinski definition) is 4. The number of nitrogens with zero attached hydrogens (tertiary/aromatic N) is 10. The Hall–Kier alpha value is -4.40. The summed E-state index contributed by atoms with van der Waals surface area (Å²) in [7, 11) is 0. The number of nitrogens with one attached hydrogen (secondary N) is 4. The number of unbranched alkanes of at least 4 members (excludes halogenated alkanes) is 9. The van der Waals surface area contributed by atoms with Gasteiger partial charge in [0.2, 0.25) is 23.8 Å². The number of piperidine rings is 4. The summed E-state index contributed by atoms with van der Waals surface area (Å²) in [5, 5.41) is 15.5. The second kappa shape index (κ2) is 33.5. The molecule has 92 heavy (non-hydrogen) atoms. The Labute approximate surface area is 558 Å². The van der Waals surface area contributed by atoms with Gasteiger partial charge in [-0.25, -0.2) is 0 Å². The zero-order valence-corrected chi connectivity index (χ0v) is 61.9. The summed E-state index contributed by atoms with van der Waals surface area (Å²) in [6, 6.07) is 1.40. The lowest BCUT2D eigenvalue weighted by atomic mass is 9.79. The fourth-order valence-corrected chi connectivity index (χ4v) is 16.3. The molecule has 0 radical (unpaired) electrons. The van der Waals surface area contributed by atoms with Crippen molar-refractivity contribution in [3.05, 3.63) is 0 Å². The molecule has 4 saturated heterocycles. The van der Waals surface area contributed by atoms with Crippen LogP contribution in [0.4, 0.5) is 23.8 Å². The molecular formula is C72H132N14O6. The van der Waals surface area contributed by atoms with Crippen molar-refractivity contribution in [1.82, 2.24) is 51.2 Å². The minimum absolute atomic E-state index is 0.0660. The summed E-state index contributed by atoms with van der Waals surface area (Å²) in [6.45, 7) is 49.4. The first kappa shape index (κ1) is 76.6. The predicted molar refractivity (Wildman–Crippen MR) is 376 cm³/mol. The van der Waals surface area contributed by atoms with Crippen LogP contribution in [0.25, 0.3) is 0 Å². The monoisotopic (exact) mass is 1290 g/mol. The molecule has 0 bridgehead atoms. The van der Waals surface area contributed by atoms with Gasteiger partial charge < -0.3 is 59.8 Å². The van der Waals surface area contributed by atoms with Gasteiger partial charge in [-0.05, 0) is 201 Å². The van der Waals surface area contributed by atoms with Gasteiger partial charge >= 0.3 is 24.0 Å². The molecule has 0 amide bonds. The molecule has 2 aromatic heterocycles. The first-order valence-corrected chi connectivity index (χ1v) is 36.4. The lowest BCUT2D eigenvalue weighted by Gasteiger charge is -2.50. The molecule has 0 aliphatic carbocycles. The number of esters is 2. The van der Waals surface area contributed by atoms with Crippen LogP contribution in [0, 0.1) is 0 Å². The topological polar surface area (TPSA) is 209 Å². The molecule has 4 aliphatic heterocycles. The number of hydrogen-bond acceptors (Lipinski definition) is 20. The molecule has 0 unspecified atom stereocenters. The van der Waals surface area contributed by atoms with Crippen LogP contribution in [0.2, 0.25) is 0 Å². The van der Waals surface area contributed by atoms with E-state index in [9.17, 15) is 9.59 Å². The quantitative estimate of drug-likeness (QED) is 0.0366. The summed E-state index contributed by atoms with van der Waals surface area (Å²) >= 11 is 0. The van der Waals surface area contributed by atoms with Crippen molar-refractivity contribution in [2.75, 3.05) is 72.2 Å². The highest BCUT2D eigenvalue weighted by Crippen LogP contribution is 2.40. The first-order valence-electron chi connectivity index (χ1n) is 36.4. The molecule has 20 heteroatoms. The van der Waals surface area contributed by atoms with Gasteiger partial charge in [-0.15, -0.1) is 0 Å². The van der Waals surface area contributed by atoms with Crippen molar-refractivity contribution >= 4 is 35.7 Å². The maximum Gasteiger partial charge on any atom is 0.323 e. The Kier molecular flexibility index (Phi) is 27.9. The molecule has 4 fully saturated rings. The average molecular weight is 1290 g/mol. The summed E-state index contributed by atoms with van der Waals surface area (Å²) < 4.78 is 24.2. The van der Waals surface area contributed by atoms with E-state index in [-0.39, 0.29) is 119 Å². The normalized spacial score (nSPS) is 20.9. The van der Waals surface area contributed by atoms with E-state index < -0.39 is 0 Å². The third kappa shape index (κ3) is 25.0. The first-order chi connectivity index (χ1) is 43.1. The minimum Gasteiger partial charge on any atom is -0.462 e. The SMILES string of the molecule is CCCCN(c1nc(OCCOC(=O)CCCCCCCCC(=O)OCCOc2nc(N(CCCC)C3CC(C)(C)NC(C)(C)C3)nc(N(CCCC)C3CC(C)(C)NC(C)(C)C3)n2)nc(N(CCCC)C2CC(C)(C)NC(C)(C)C2)n1)C1CC(C)(C)NC(C)(C)C1. The van der Waals surface area contributed by atoms with Crippen LogP contribution in [0.1, 0.15) is 293 Å². The molecule has 20 nitrogen and oxygen atoms in total. The second-order valence-corrected chi connectivity index (χ2v) is 33.2. The van der Waals surface area contributed by atoms with Crippen LogP contribution in [-0.4, -0.2) is 163 Å². The van der Waals surface area contributed by atoms with Gasteiger partial charge in [-0.1, -0.05) is 79.1 Å². The Morgan fingerprint density at radius 3 is 0.772 bits per heavy atom. The lowest BCUT2D eigenvalue weighted by Crippen LogP contribution is -2.63. The van der Waals surface area contributed by atoms with E-state index in [2.05, 4.69) is 179 Å². The highest BCUT2D eigenvalue weighted by molar-refractivity contribution is 5.69. The molecule has 4 N–H and O–H groups in total. The third-order valence-electron chi connectivity index (χ3n) is 18.8. The maximum atomic E-state index is 13.0. The van der Waals surface area contributed by atoms with E-state index in [1.54, 1.807) is 0 Å². The standard InChI is InChI=1S/C72H132N14O6/c1-21-25-37-83(53-45-65(5,6)79-66(7,8)46-53)59-73-60(84(38-26-22-2)54-47-67(9,10)80-68(11,12)48-54)76-63(75-59)91-43-41-89-57(87)35-33-31-29-30-32-34-36-58(88)90-42-44-92-64-77-61(85(39-27-23-3)55-49-69(13,14)81-70(15,16)50-55)74-62(78-64)86(40-28-24-4)56-51-71(17,18)82-72(19,20)52-56/h53-56,79-82H,21-52H2,1-20H3. The van der Waals surface area contributed by atoms with E-state index in [1.165, 1.54) is 0 Å². The molecule has 6 heterocycles. The third-order valence-corrected chi connectivity index (χ3v) is 18.8. The molecule has 0 atom stereocenters. The largest absolute Gasteiger partial charge is 0.462 e. The van der Waals surface area contributed by atoms with Crippen molar-refractivity contribution < 1.29 is 28.5 Å². The van der Waals surface area contributed by atoms with Crippen LogP contribution >= 0.6 is 0 Å². The van der Waals surface area contributed by atoms with E-state index in [0.29, 0.717) is 36.6 Å². The zero-order chi connectivity index (χ0) is 67.8. The van der Waals surface area contributed by atoms with Crippen molar-refractivity contribution in [1.29, 1.82) is 0 Å². The van der Waals surface area contributed by atoms with Crippen LogP contribution in [0.3, 0.4) is 0 Å². The number of ether oxygens (including phenoxy) is 4. The van der Waals surface area contributed by atoms with E-state index in [0.717, 1.165) is 167 Å². The number of anilines is 4. The van der Waals surface area contributed by atoms with Crippen molar-refractivity contribution in [2.24, 2.45) is 0 Å². The number of carbonyl (C=O) groups excluding carboxylic acids is 2. The van der Waals surface area contributed by atoms with Gasteiger partial charge in [0.1, 0.15) is 26.4 Å². The van der Waals surface area contributed by atoms with Crippen molar-refractivity contribution in [3.8, 4) is 12.0 Å². The van der Waals surface area contributed by atoms with Gasteiger partial charge in [-0.3, -0.25) is 9.59 Å². The molecule has 526 valence electrons. The van der Waals surface area contributed by atoms with Crippen molar-refractivity contribution in [2.45, 2.75) is 361 Å². The van der Waals surface area contributed by atoms with Crippen LogP contribution in [-0.2, 0) is 19.1 Å². The molecule has 6 rings (SSSR count). The molecule has 0 spiro atoms. The van der Waals surface area contributed by atoms with Crippen LogP contribution < -0.4 is 50.3 Å². The van der Waals surface area contributed by atoms with Crippen LogP contribution in [0.5, 0.6) is 12.0 Å². The fourth-order valence-electron chi connectivity index (χ4n) is 16.3. The van der Waals surface area contributed by atoms with Gasteiger partial charge in [0, 0.05) is 107 Å². The molecular weight excluding hydrogens is 1160 g/mol. The molecule has 0 aromatic carbocycles. The van der Waals surface area contributed by atoms with E-state index in [1.807, 2.05) is 0 Å². The fraction of sp³-hybridized carbons (Fsp3) is 0.889. The predicted octanol–water partition coefficient (Wildman–Crippen LogP) is 13.4. The van der Waals surface area contributed by atoms with Gasteiger partial charge in [0.05, 0.1) is 0 Å². The molecule has 0 saturated carbocycles. The average Bonchev–Trinajstić information content (AvgIpc) is 0.801. The molecule has 2 aromatic rings. The Bertz CT molecular complexity index is 2220. The number of rotatable bonds is 37. The number of aromatic nitrogens is 6. The Morgan fingerprint density at radius 2 is 0.554 bits per heavy atom. The summed E-state index contributed by atoms with van der Waals surface area (Å²) in [5.41, 5.74) is -0.528. The van der Waals surface area contributed by atoms with Gasteiger partial charge in [-0.2, -0.15) is 29.9 Å². The maximum absolute atomic E-state index is 13.0. The van der Waals surface area contributed by atoms with Crippen LogP contribution in [0.15, 0.2) is 0 Å². The summed E-state index contributed by atoms with van der Waals surface area (Å²) in [6.07, 6.45) is 21.8. The minimum atomic E-state index is -0.240. The summed E-state index contributed by atoms with van der Waals surface area (Å²) in [5.74, 6) is 2.14. The lowest BCUT2D eigenvalue weighted by molar-refractivity contribution is -0.145. The van der Waals surface area contributed by atoms with Gasteiger partial charge in [0.25, 0.3) is 0 Å².